The second kappa shape index (κ2) is 2.12. The molecule has 1 fully saturated rings. The summed E-state index contributed by atoms with van der Waals surface area (Å²) in [6, 6.07) is 0. The first-order chi connectivity index (χ1) is 4.22. The summed E-state index contributed by atoms with van der Waals surface area (Å²) in [6.07, 6.45) is 0. The van der Waals surface area contributed by atoms with Crippen molar-refractivity contribution in [2.24, 2.45) is 0 Å². The first kappa shape index (κ1) is 6.18. The summed E-state index contributed by atoms with van der Waals surface area (Å²) in [7, 11) is 0. The standard InChI is InChI=1S/C4H6N2O3/c7-3-1-5-2-4(8)6(3)9/h5,9H,1-2H2. The summed E-state index contributed by atoms with van der Waals surface area (Å²) in [5.74, 6) is -1.21. The van der Waals surface area contributed by atoms with E-state index in [0.29, 0.717) is 0 Å². The lowest BCUT2D eigenvalue weighted by molar-refractivity contribution is -0.180. The highest BCUT2D eigenvalue weighted by atomic mass is 16.5. The van der Waals surface area contributed by atoms with Crippen LogP contribution in [0.25, 0.3) is 0 Å². The summed E-state index contributed by atoms with van der Waals surface area (Å²) in [6.45, 7) is 0.0600. The number of imide groups is 1. The number of rotatable bonds is 0. The average Bonchev–Trinajstić information content (AvgIpc) is 1.83. The van der Waals surface area contributed by atoms with Gasteiger partial charge < -0.3 is 0 Å². The summed E-state index contributed by atoms with van der Waals surface area (Å²) in [5.41, 5.74) is 0. The van der Waals surface area contributed by atoms with Gasteiger partial charge in [0.1, 0.15) is 0 Å². The summed E-state index contributed by atoms with van der Waals surface area (Å²) >= 11 is 0. The van der Waals surface area contributed by atoms with Crippen molar-refractivity contribution in [3.63, 3.8) is 0 Å². The van der Waals surface area contributed by atoms with Crippen molar-refractivity contribution >= 4 is 11.8 Å². The third-order valence-corrected chi connectivity index (χ3v) is 1.02. The molecule has 1 saturated heterocycles. The van der Waals surface area contributed by atoms with Gasteiger partial charge in [0.15, 0.2) is 0 Å². The lowest BCUT2D eigenvalue weighted by Crippen LogP contribution is -2.50. The molecule has 0 radical (unpaired) electrons. The minimum atomic E-state index is -0.605. The molecule has 0 aliphatic carbocycles. The van der Waals surface area contributed by atoms with Crippen LogP contribution in [0.5, 0.6) is 0 Å². The number of hydrogen-bond acceptors (Lipinski definition) is 4. The second-order valence-electron chi connectivity index (χ2n) is 1.70. The van der Waals surface area contributed by atoms with Crippen molar-refractivity contribution in [3.05, 3.63) is 0 Å². The van der Waals surface area contributed by atoms with E-state index in [1.807, 2.05) is 0 Å². The molecule has 50 valence electrons. The Morgan fingerprint density at radius 1 is 1.33 bits per heavy atom. The van der Waals surface area contributed by atoms with Crippen molar-refractivity contribution in [2.75, 3.05) is 13.1 Å². The van der Waals surface area contributed by atoms with Gasteiger partial charge in [-0.2, -0.15) is 5.06 Å². The monoisotopic (exact) mass is 130 g/mol. The second-order valence-corrected chi connectivity index (χ2v) is 1.70. The van der Waals surface area contributed by atoms with Crippen LogP contribution in [-0.2, 0) is 9.59 Å². The minimum Gasteiger partial charge on any atom is -0.300 e. The molecule has 1 rings (SSSR count). The summed E-state index contributed by atoms with van der Waals surface area (Å²) in [4.78, 5) is 20.8. The Morgan fingerprint density at radius 3 is 2.11 bits per heavy atom. The van der Waals surface area contributed by atoms with Gasteiger partial charge in [0.25, 0.3) is 11.8 Å². The summed E-state index contributed by atoms with van der Waals surface area (Å²) < 4.78 is 0. The van der Waals surface area contributed by atoms with Crippen LogP contribution in [0.15, 0.2) is 0 Å². The largest absolute Gasteiger partial charge is 0.300 e. The maximum atomic E-state index is 10.4. The van der Waals surface area contributed by atoms with Crippen molar-refractivity contribution in [1.29, 1.82) is 0 Å². The lowest BCUT2D eigenvalue weighted by atomic mass is 10.4. The molecular weight excluding hydrogens is 124 g/mol. The molecule has 0 unspecified atom stereocenters. The fourth-order valence-electron chi connectivity index (χ4n) is 0.565. The van der Waals surface area contributed by atoms with E-state index < -0.39 is 11.8 Å². The molecule has 1 aliphatic heterocycles. The molecule has 1 aliphatic rings. The maximum absolute atomic E-state index is 10.4. The summed E-state index contributed by atoms with van der Waals surface area (Å²) in [5, 5.41) is 11.2. The Morgan fingerprint density at radius 2 is 1.78 bits per heavy atom. The van der Waals surface area contributed by atoms with Crippen molar-refractivity contribution in [2.45, 2.75) is 0 Å². The quantitative estimate of drug-likeness (QED) is 0.304. The van der Waals surface area contributed by atoms with Gasteiger partial charge in [-0.3, -0.25) is 20.1 Å². The predicted octanol–water partition coefficient (Wildman–Crippen LogP) is -1.67. The van der Waals surface area contributed by atoms with Crippen LogP contribution in [0.2, 0.25) is 0 Å². The van der Waals surface area contributed by atoms with Gasteiger partial charge in [0.2, 0.25) is 0 Å². The zero-order valence-electron chi connectivity index (χ0n) is 4.63. The smallest absolute Gasteiger partial charge is 0.267 e. The third-order valence-electron chi connectivity index (χ3n) is 1.02. The van der Waals surface area contributed by atoms with Gasteiger partial charge in [-0.25, -0.2) is 0 Å². The SMILES string of the molecule is O=C1CNCC(=O)N1O. The Kier molecular flexibility index (Phi) is 1.46. The maximum Gasteiger partial charge on any atom is 0.267 e. The van der Waals surface area contributed by atoms with Gasteiger partial charge >= 0.3 is 0 Å². The van der Waals surface area contributed by atoms with Crippen LogP contribution < -0.4 is 5.32 Å². The molecule has 5 heteroatoms. The topological polar surface area (TPSA) is 69.6 Å². The van der Waals surface area contributed by atoms with Gasteiger partial charge in [0.05, 0.1) is 13.1 Å². The van der Waals surface area contributed by atoms with Crippen molar-refractivity contribution in [1.82, 2.24) is 10.4 Å². The third kappa shape index (κ3) is 1.06. The molecular formula is C4H6N2O3. The van der Waals surface area contributed by atoms with Gasteiger partial charge in [-0.1, -0.05) is 0 Å². The number of nitrogens with one attached hydrogen (secondary N) is 1. The molecule has 0 atom stereocenters. The van der Waals surface area contributed by atoms with Crippen molar-refractivity contribution < 1.29 is 14.8 Å². The van der Waals surface area contributed by atoms with E-state index in [2.05, 4.69) is 5.32 Å². The van der Waals surface area contributed by atoms with Crippen LogP contribution in [0, 0.1) is 0 Å². The Hall–Kier alpha value is -0.940. The zero-order valence-corrected chi connectivity index (χ0v) is 4.63. The average molecular weight is 130 g/mol. The van der Waals surface area contributed by atoms with E-state index in [9.17, 15) is 9.59 Å². The lowest BCUT2D eigenvalue weighted by Gasteiger charge is -2.17. The molecule has 1 heterocycles. The number of amides is 2. The molecule has 0 aromatic carbocycles. The van der Waals surface area contributed by atoms with Crippen LogP contribution in [-0.4, -0.2) is 35.2 Å². The minimum absolute atomic E-state index is 0.0300. The molecule has 0 aromatic rings. The molecule has 5 nitrogen and oxygen atoms in total. The first-order valence-corrected chi connectivity index (χ1v) is 2.47. The van der Waals surface area contributed by atoms with Crippen LogP contribution >= 0.6 is 0 Å². The molecule has 2 N–H and O–H groups in total. The van der Waals surface area contributed by atoms with Crippen LogP contribution in [0.4, 0.5) is 0 Å². The molecule has 0 spiro atoms. The Balaban J connectivity index is 2.62. The van der Waals surface area contributed by atoms with Gasteiger partial charge in [0, 0.05) is 0 Å². The van der Waals surface area contributed by atoms with E-state index in [0.717, 1.165) is 0 Å². The molecule has 0 aromatic heterocycles. The number of carbonyl (C=O) groups is 2. The van der Waals surface area contributed by atoms with Crippen LogP contribution in [0.3, 0.4) is 0 Å². The van der Waals surface area contributed by atoms with E-state index in [1.165, 1.54) is 0 Å². The fourth-order valence-corrected chi connectivity index (χ4v) is 0.565. The number of piperazine rings is 1. The molecule has 9 heavy (non-hydrogen) atoms. The highest BCUT2D eigenvalue weighted by Crippen LogP contribution is 1.89. The Bertz CT molecular complexity index is 140. The Labute approximate surface area is 51.2 Å². The number of nitrogens with zero attached hydrogens (tertiary/aromatic N) is 1. The molecule has 0 saturated carbocycles. The number of hydroxylamine groups is 2. The van der Waals surface area contributed by atoms with E-state index in [4.69, 9.17) is 5.21 Å². The molecule has 2 amide bonds. The van der Waals surface area contributed by atoms with Crippen molar-refractivity contribution in [3.8, 4) is 0 Å². The predicted molar refractivity (Wildman–Crippen MR) is 26.5 cm³/mol. The van der Waals surface area contributed by atoms with Gasteiger partial charge in [-0.15, -0.1) is 0 Å². The highest BCUT2D eigenvalue weighted by molar-refractivity contribution is 5.97. The van der Waals surface area contributed by atoms with E-state index in [1.54, 1.807) is 0 Å². The first-order valence-electron chi connectivity index (χ1n) is 2.47. The normalized spacial score (nSPS) is 20.8. The van der Waals surface area contributed by atoms with Crippen LogP contribution in [0.1, 0.15) is 0 Å². The van der Waals surface area contributed by atoms with E-state index >= 15 is 0 Å². The zero-order chi connectivity index (χ0) is 6.85. The highest BCUT2D eigenvalue weighted by Gasteiger charge is 2.23. The fraction of sp³-hybridized carbons (Fsp3) is 0.500. The van der Waals surface area contributed by atoms with E-state index in [-0.39, 0.29) is 18.2 Å². The number of hydrogen-bond donors (Lipinski definition) is 2. The molecule has 0 bridgehead atoms. The number of carbonyl (C=O) groups excluding carboxylic acids is 2. The van der Waals surface area contributed by atoms with Gasteiger partial charge in [-0.05, 0) is 0 Å².